The van der Waals surface area contributed by atoms with E-state index in [9.17, 15) is 14.4 Å². The van der Waals surface area contributed by atoms with E-state index in [-0.39, 0.29) is 24.9 Å². The van der Waals surface area contributed by atoms with E-state index in [0.29, 0.717) is 29.0 Å². The van der Waals surface area contributed by atoms with Gasteiger partial charge in [-0.2, -0.15) is 0 Å². The number of carbonyl (C=O) groups is 3. The molecule has 1 aliphatic heterocycles. The van der Waals surface area contributed by atoms with Crippen LogP contribution in [0.25, 0.3) is 0 Å². The second-order valence-corrected chi connectivity index (χ2v) is 7.76. The van der Waals surface area contributed by atoms with Crippen molar-refractivity contribution in [2.24, 2.45) is 11.8 Å². The highest BCUT2D eigenvalue weighted by molar-refractivity contribution is 6.12. The number of Topliss-reactive ketones (excluding diaryl/α,β-unsaturated/α-hetero) is 1. The van der Waals surface area contributed by atoms with E-state index in [1.807, 2.05) is 19.1 Å². The van der Waals surface area contributed by atoms with Crippen molar-refractivity contribution in [3.63, 3.8) is 0 Å². The minimum absolute atomic E-state index is 0.203. The van der Waals surface area contributed by atoms with Crippen LogP contribution in [-0.4, -0.2) is 38.0 Å². The molecule has 0 fully saturated rings. The fourth-order valence-corrected chi connectivity index (χ4v) is 4.39. The smallest absolute Gasteiger partial charge is 0.336 e. The average Bonchev–Trinajstić information content (AvgIpc) is 2.73. The summed E-state index contributed by atoms with van der Waals surface area (Å²) in [5, 5.41) is 3.24. The van der Waals surface area contributed by atoms with Gasteiger partial charge in [0.1, 0.15) is 11.7 Å². The SMILES string of the molecule is CCOC(=O)C1=C(C)NC2=C(C(=O)[C@@H](C(=O)OCC)[C@H](C)C2)[C@@H]1c1ccc(OC)cc1. The summed E-state index contributed by atoms with van der Waals surface area (Å²) in [7, 11) is 1.57. The summed E-state index contributed by atoms with van der Waals surface area (Å²) in [5.41, 5.74) is 2.94. The number of dihydropyridines is 1. The molecular weight excluding hydrogens is 398 g/mol. The number of rotatable bonds is 6. The molecule has 1 aromatic carbocycles. The Bertz CT molecular complexity index is 943. The molecule has 0 bridgehead atoms. The number of methoxy groups -OCH3 is 1. The number of ether oxygens (including phenoxy) is 3. The molecule has 31 heavy (non-hydrogen) atoms. The van der Waals surface area contributed by atoms with Crippen molar-refractivity contribution < 1.29 is 28.6 Å². The number of benzene rings is 1. The highest BCUT2D eigenvalue weighted by Crippen LogP contribution is 2.45. The first kappa shape index (κ1) is 22.6. The van der Waals surface area contributed by atoms with Crippen LogP contribution in [0, 0.1) is 11.8 Å². The van der Waals surface area contributed by atoms with Crippen LogP contribution >= 0.6 is 0 Å². The molecule has 7 nitrogen and oxygen atoms in total. The Kier molecular flexibility index (Phi) is 6.83. The van der Waals surface area contributed by atoms with E-state index < -0.39 is 23.8 Å². The van der Waals surface area contributed by atoms with E-state index in [2.05, 4.69) is 5.32 Å². The first-order valence-electron chi connectivity index (χ1n) is 10.6. The molecule has 0 radical (unpaired) electrons. The first-order chi connectivity index (χ1) is 14.8. The van der Waals surface area contributed by atoms with Gasteiger partial charge in [-0.15, -0.1) is 0 Å². The molecule has 0 unspecified atom stereocenters. The van der Waals surface area contributed by atoms with Crippen LogP contribution in [0.2, 0.25) is 0 Å². The lowest BCUT2D eigenvalue weighted by molar-refractivity contribution is -0.153. The van der Waals surface area contributed by atoms with Crippen molar-refractivity contribution in [3.8, 4) is 5.75 Å². The van der Waals surface area contributed by atoms with Crippen molar-refractivity contribution in [1.82, 2.24) is 5.32 Å². The average molecular weight is 427 g/mol. The molecule has 1 heterocycles. The van der Waals surface area contributed by atoms with Crippen molar-refractivity contribution in [2.75, 3.05) is 20.3 Å². The Hall–Kier alpha value is -3.09. The third-order valence-electron chi connectivity index (χ3n) is 5.77. The van der Waals surface area contributed by atoms with Gasteiger partial charge in [0.25, 0.3) is 0 Å². The van der Waals surface area contributed by atoms with Crippen LogP contribution in [0.1, 0.15) is 45.6 Å². The van der Waals surface area contributed by atoms with E-state index in [4.69, 9.17) is 14.2 Å². The van der Waals surface area contributed by atoms with Crippen molar-refractivity contribution in [3.05, 3.63) is 52.4 Å². The van der Waals surface area contributed by atoms with Gasteiger partial charge in [-0.05, 0) is 50.8 Å². The predicted octanol–water partition coefficient (Wildman–Crippen LogP) is 3.26. The maximum atomic E-state index is 13.6. The predicted molar refractivity (Wildman–Crippen MR) is 114 cm³/mol. The molecule has 2 aliphatic rings. The number of allylic oxidation sites excluding steroid dienone is 3. The summed E-state index contributed by atoms with van der Waals surface area (Å²) in [6.07, 6.45) is 0.505. The van der Waals surface area contributed by atoms with Gasteiger partial charge >= 0.3 is 11.9 Å². The summed E-state index contributed by atoms with van der Waals surface area (Å²) in [6, 6.07) is 7.23. The molecular formula is C24H29NO6. The molecule has 0 saturated heterocycles. The molecule has 3 atom stereocenters. The van der Waals surface area contributed by atoms with E-state index >= 15 is 0 Å². The lowest BCUT2D eigenvalue weighted by Gasteiger charge is -2.38. The first-order valence-corrected chi connectivity index (χ1v) is 10.6. The molecule has 0 spiro atoms. The molecule has 1 aromatic rings. The largest absolute Gasteiger partial charge is 0.497 e. The second-order valence-electron chi connectivity index (χ2n) is 7.76. The van der Waals surface area contributed by atoms with Crippen LogP contribution in [-0.2, 0) is 23.9 Å². The van der Waals surface area contributed by atoms with Crippen molar-refractivity contribution in [1.29, 1.82) is 0 Å². The van der Waals surface area contributed by atoms with Crippen LogP contribution in [0.3, 0.4) is 0 Å². The number of ketones is 1. The summed E-state index contributed by atoms with van der Waals surface area (Å²) in [5.74, 6) is -2.41. The monoisotopic (exact) mass is 427 g/mol. The minimum atomic E-state index is -0.900. The second kappa shape index (κ2) is 9.37. The molecule has 0 saturated carbocycles. The topological polar surface area (TPSA) is 90.9 Å². The zero-order valence-corrected chi connectivity index (χ0v) is 18.6. The molecule has 1 N–H and O–H groups in total. The summed E-state index contributed by atoms with van der Waals surface area (Å²) in [4.78, 5) is 39.1. The third-order valence-corrected chi connectivity index (χ3v) is 5.77. The number of hydrogen-bond donors (Lipinski definition) is 1. The molecule has 166 valence electrons. The normalized spacial score (nSPS) is 23.1. The fourth-order valence-electron chi connectivity index (χ4n) is 4.39. The van der Waals surface area contributed by atoms with E-state index in [1.54, 1.807) is 40.0 Å². The zero-order valence-electron chi connectivity index (χ0n) is 18.6. The van der Waals surface area contributed by atoms with Gasteiger partial charge in [-0.25, -0.2) is 4.79 Å². The van der Waals surface area contributed by atoms with Gasteiger partial charge in [0.05, 0.1) is 25.9 Å². The third kappa shape index (κ3) is 4.22. The van der Waals surface area contributed by atoms with Gasteiger partial charge in [0.2, 0.25) is 0 Å². The Balaban J connectivity index is 2.14. The summed E-state index contributed by atoms with van der Waals surface area (Å²) >= 11 is 0. The summed E-state index contributed by atoms with van der Waals surface area (Å²) in [6.45, 7) is 7.54. The Morgan fingerprint density at radius 3 is 2.32 bits per heavy atom. The minimum Gasteiger partial charge on any atom is -0.497 e. The molecule has 0 amide bonds. The van der Waals surface area contributed by atoms with E-state index in [1.165, 1.54) is 0 Å². The summed E-state index contributed by atoms with van der Waals surface area (Å²) < 4.78 is 15.7. The highest BCUT2D eigenvalue weighted by Gasteiger charge is 2.47. The van der Waals surface area contributed by atoms with Crippen molar-refractivity contribution in [2.45, 2.75) is 40.0 Å². The van der Waals surface area contributed by atoms with Crippen LogP contribution in [0.15, 0.2) is 46.8 Å². The van der Waals surface area contributed by atoms with Crippen LogP contribution in [0.4, 0.5) is 0 Å². The number of esters is 2. The zero-order chi connectivity index (χ0) is 22.7. The molecule has 1 aliphatic carbocycles. The Labute approximate surface area is 182 Å². The molecule has 3 rings (SSSR count). The highest BCUT2D eigenvalue weighted by atomic mass is 16.5. The molecule has 7 heteroatoms. The van der Waals surface area contributed by atoms with Crippen LogP contribution in [0.5, 0.6) is 5.75 Å². The quantitative estimate of drug-likeness (QED) is 0.550. The van der Waals surface area contributed by atoms with Gasteiger partial charge in [0.15, 0.2) is 5.78 Å². The Morgan fingerprint density at radius 1 is 1.10 bits per heavy atom. The fraction of sp³-hybridized carbons (Fsp3) is 0.458. The number of hydrogen-bond acceptors (Lipinski definition) is 7. The van der Waals surface area contributed by atoms with Crippen LogP contribution < -0.4 is 10.1 Å². The molecule has 0 aromatic heterocycles. The maximum Gasteiger partial charge on any atom is 0.336 e. The van der Waals surface area contributed by atoms with E-state index in [0.717, 1.165) is 11.3 Å². The van der Waals surface area contributed by atoms with Gasteiger partial charge in [0, 0.05) is 22.9 Å². The standard InChI is InChI=1S/C24H29NO6/c1-6-30-23(27)18-13(3)12-17-21(22(18)26)20(15-8-10-16(29-5)11-9-15)19(14(4)25-17)24(28)31-7-2/h8-11,13,18,20,25H,6-7,12H2,1-5H3/t13-,18+,20-/m1/s1. The maximum absolute atomic E-state index is 13.6. The van der Waals surface area contributed by atoms with Gasteiger partial charge < -0.3 is 19.5 Å². The van der Waals surface area contributed by atoms with Gasteiger partial charge in [-0.3, -0.25) is 9.59 Å². The van der Waals surface area contributed by atoms with Gasteiger partial charge in [-0.1, -0.05) is 19.1 Å². The lowest BCUT2D eigenvalue weighted by Crippen LogP contribution is -2.43. The number of carbonyl (C=O) groups excluding carboxylic acids is 3. The Morgan fingerprint density at radius 2 is 1.74 bits per heavy atom. The number of nitrogens with one attached hydrogen (secondary N) is 1. The van der Waals surface area contributed by atoms with Crippen molar-refractivity contribution >= 4 is 17.7 Å². The lowest BCUT2D eigenvalue weighted by atomic mass is 9.69.